The Morgan fingerprint density at radius 1 is 1.89 bits per heavy atom. The molecule has 0 spiro atoms. The number of carbonyl (C=O) groups excluding carboxylic acids is 1. The van der Waals surface area contributed by atoms with Gasteiger partial charge in [0.15, 0.2) is 0 Å². The molecular weight excluding hydrogens is 136 g/mol. The van der Waals surface area contributed by atoms with Gasteiger partial charge in [-0.1, -0.05) is 11.3 Å². The molecule has 0 bridgehead atoms. The molecule has 0 saturated heterocycles. The molecule has 0 saturated carbocycles. The minimum absolute atomic E-state index is 0.613. The number of aromatic nitrogens is 1. The van der Waals surface area contributed by atoms with Gasteiger partial charge in [0.05, 0.1) is 11.2 Å². The normalized spacial score (nSPS) is 8.56. The summed E-state index contributed by atoms with van der Waals surface area (Å²) in [6.45, 7) is 1.86. The van der Waals surface area contributed by atoms with Gasteiger partial charge in [0.2, 0.25) is 6.08 Å². The second kappa shape index (κ2) is 2.53. The van der Waals surface area contributed by atoms with E-state index in [-0.39, 0.29) is 0 Å². The maximum Gasteiger partial charge on any atom is 0.241 e. The second-order valence-electron chi connectivity index (χ2n) is 1.42. The fraction of sp³-hybridized carbons (Fsp3) is 0.200. The Morgan fingerprint density at radius 2 is 2.67 bits per heavy atom. The molecule has 46 valence electrons. The third kappa shape index (κ3) is 1.45. The number of hydrogen-bond acceptors (Lipinski definition) is 4. The summed E-state index contributed by atoms with van der Waals surface area (Å²) in [6, 6.07) is 0. The predicted molar refractivity (Wildman–Crippen MR) is 34.6 cm³/mol. The van der Waals surface area contributed by atoms with Crippen LogP contribution >= 0.6 is 11.3 Å². The van der Waals surface area contributed by atoms with Crippen LogP contribution in [0.1, 0.15) is 5.01 Å². The van der Waals surface area contributed by atoms with E-state index in [0.717, 1.165) is 5.01 Å². The van der Waals surface area contributed by atoms with Crippen LogP contribution in [0.25, 0.3) is 0 Å². The molecule has 0 amide bonds. The monoisotopic (exact) mass is 140 g/mol. The zero-order valence-electron chi connectivity index (χ0n) is 4.79. The van der Waals surface area contributed by atoms with E-state index in [1.807, 2.05) is 6.92 Å². The Balaban J connectivity index is 2.97. The topological polar surface area (TPSA) is 42.3 Å². The van der Waals surface area contributed by atoms with Gasteiger partial charge in [-0.25, -0.2) is 9.78 Å². The van der Waals surface area contributed by atoms with Gasteiger partial charge in [0.1, 0.15) is 5.00 Å². The zero-order chi connectivity index (χ0) is 6.69. The van der Waals surface area contributed by atoms with E-state index < -0.39 is 0 Å². The molecule has 0 unspecified atom stereocenters. The van der Waals surface area contributed by atoms with Crippen molar-refractivity contribution in [2.75, 3.05) is 0 Å². The predicted octanol–water partition coefficient (Wildman–Crippen LogP) is 1.42. The first-order chi connectivity index (χ1) is 4.33. The number of thiazole rings is 1. The molecular formula is C5H4N2OS. The molecule has 1 heterocycles. The van der Waals surface area contributed by atoms with E-state index in [1.54, 1.807) is 6.20 Å². The highest BCUT2D eigenvalue weighted by Gasteiger charge is 1.91. The van der Waals surface area contributed by atoms with Gasteiger partial charge in [0.25, 0.3) is 0 Å². The van der Waals surface area contributed by atoms with Crippen LogP contribution in [-0.2, 0) is 4.79 Å². The van der Waals surface area contributed by atoms with Crippen molar-refractivity contribution in [2.24, 2.45) is 4.99 Å². The minimum Gasteiger partial charge on any atom is -0.248 e. The van der Waals surface area contributed by atoms with E-state index in [9.17, 15) is 4.79 Å². The first-order valence-electron chi connectivity index (χ1n) is 2.33. The maximum absolute atomic E-state index is 9.67. The number of isocyanates is 1. The lowest BCUT2D eigenvalue weighted by Gasteiger charge is -1.70. The van der Waals surface area contributed by atoms with Crippen LogP contribution < -0.4 is 0 Å². The lowest BCUT2D eigenvalue weighted by Crippen LogP contribution is -1.57. The Kier molecular flexibility index (Phi) is 1.72. The molecule has 0 aromatic carbocycles. The molecule has 0 aliphatic carbocycles. The van der Waals surface area contributed by atoms with E-state index >= 15 is 0 Å². The number of hydrogen-bond donors (Lipinski definition) is 0. The van der Waals surface area contributed by atoms with Crippen molar-refractivity contribution in [1.82, 2.24) is 4.98 Å². The van der Waals surface area contributed by atoms with Crippen molar-refractivity contribution in [3.8, 4) is 0 Å². The highest BCUT2D eigenvalue weighted by atomic mass is 32.1. The van der Waals surface area contributed by atoms with Gasteiger partial charge in [-0.05, 0) is 6.92 Å². The van der Waals surface area contributed by atoms with Crippen LogP contribution in [-0.4, -0.2) is 11.1 Å². The quantitative estimate of drug-likeness (QED) is 0.437. The number of aryl methyl sites for hydroxylation is 1. The fourth-order valence-corrected chi connectivity index (χ4v) is 1.04. The van der Waals surface area contributed by atoms with Crippen LogP contribution in [0, 0.1) is 6.92 Å². The van der Waals surface area contributed by atoms with Crippen molar-refractivity contribution in [2.45, 2.75) is 6.92 Å². The summed E-state index contributed by atoms with van der Waals surface area (Å²) in [7, 11) is 0. The second-order valence-corrected chi connectivity index (χ2v) is 2.63. The van der Waals surface area contributed by atoms with Gasteiger partial charge in [-0.2, -0.15) is 4.99 Å². The summed E-state index contributed by atoms with van der Waals surface area (Å²) >= 11 is 1.37. The Hall–Kier alpha value is -0.990. The first-order valence-corrected chi connectivity index (χ1v) is 3.15. The molecule has 0 N–H and O–H groups in total. The van der Waals surface area contributed by atoms with Crippen molar-refractivity contribution >= 4 is 22.4 Å². The molecule has 0 aliphatic rings. The van der Waals surface area contributed by atoms with Gasteiger partial charge in [-0.15, -0.1) is 0 Å². The lowest BCUT2D eigenvalue weighted by atomic mass is 10.8. The highest BCUT2D eigenvalue weighted by molar-refractivity contribution is 7.15. The van der Waals surface area contributed by atoms with Gasteiger partial charge in [0, 0.05) is 0 Å². The van der Waals surface area contributed by atoms with E-state index in [0.29, 0.717) is 5.00 Å². The summed E-state index contributed by atoms with van der Waals surface area (Å²) in [5, 5.41) is 1.52. The number of rotatable bonds is 1. The lowest BCUT2D eigenvalue weighted by molar-refractivity contribution is 0.565. The largest absolute Gasteiger partial charge is 0.248 e. The molecule has 1 aromatic rings. The summed E-state index contributed by atoms with van der Waals surface area (Å²) in [4.78, 5) is 16.9. The van der Waals surface area contributed by atoms with Crippen molar-refractivity contribution in [3.63, 3.8) is 0 Å². The maximum atomic E-state index is 9.67. The highest BCUT2D eigenvalue weighted by Crippen LogP contribution is 2.19. The molecule has 4 heteroatoms. The van der Waals surface area contributed by atoms with Crippen LogP contribution in [0.15, 0.2) is 11.2 Å². The molecule has 0 radical (unpaired) electrons. The molecule has 9 heavy (non-hydrogen) atoms. The van der Waals surface area contributed by atoms with E-state index in [1.165, 1.54) is 17.4 Å². The van der Waals surface area contributed by atoms with Crippen molar-refractivity contribution in [3.05, 3.63) is 11.2 Å². The van der Waals surface area contributed by atoms with Crippen LogP contribution in [0.4, 0.5) is 5.00 Å². The first kappa shape index (κ1) is 6.13. The van der Waals surface area contributed by atoms with Crippen LogP contribution in [0.5, 0.6) is 0 Å². The smallest absolute Gasteiger partial charge is 0.241 e. The Morgan fingerprint density at radius 3 is 3.11 bits per heavy atom. The Labute approximate surface area is 56.1 Å². The van der Waals surface area contributed by atoms with Crippen LogP contribution in [0.2, 0.25) is 0 Å². The summed E-state index contributed by atoms with van der Waals surface area (Å²) in [5.74, 6) is 0. The summed E-state index contributed by atoms with van der Waals surface area (Å²) in [6.07, 6.45) is 2.99. The van der Waals surface area contributed by atoms with E-state index in [4.69, 9.17) is 0 Å². The van der Waals surface area contributed by atoms with Crippen molar-refractivity contribution in [1.29, 1.82) is 0 Å². The molecule has 0 atom stereocenters. The van der Waals surface area contributed by atoms with Crippen molar-refractivity contribution < 1.29 is 4.79 Å². The third-order valence-corrected chi connectivity index (χ3v) is 1.57. The molecule has 1 rings (SSSR count). The average Bonchev–Trinajstić information content (AvgIpc) is 2.17. The SMILES string of the molecule is Cc1ncc(N=C=O)s1. The molecule has 0 fully saturated rings. The summed E-state index contributed by atoms with van der Waals surface area (Å²) in [5.41, 5.74) is 0. The van der Waals surface area contributed by atoms with Gasteiger partial charge >= 0.3 is 0 Å². The Bertz CT molecular complexity index is 249. The van der Waals surface area contributed by atoms with Gasteiger partial charge in [-0.3, -0.25) is 0 Å². The minimum atomic E-state index is 0.613. The zero-order valence-corrected chi connectivity index (χ0v) is 5.60. The van der Waals surface area contributed by atoms with Gasteiger partial charge < -0.3 is 0 Å². The molecule has 1 aromatic heterocycles. The molecule has 0 aliphatic heterocycles. The third-order valence-electron chi connectivity index (χ3n) is 0.765. The number of aliphatic imine (C=N–C) groups is 1. The molecule has 3 nitrogen and oxygen atoms in total. The average molecular weight is 140 g/mol. The summed E-state index contributed by atoms with van der Waals surface area (Å²) < 4.78 is 0. The number of nitrogens with zero attached hydrogens (tertiary/aromatic N) is 2. The fourth-order valence-electron chi connectivity index (χ4n) is 0.447. The standard InChI is InChI=1S/C5H4N2OS/c1-4-6-2-5(9-4)7-3-8/h2H,1H3. The van der Waals surface area contributed by atoms with Crippen LogP contribution in [0.3, 0.4) is 0 Å². The van der Waals surface area contributed by atoms with E-state index in [2.05, 4.69) is 9.98 Å².